The monoisotopic (exact) mass is 357 g/mol. The molecule has 0 radical (unpaired) electrons. The van der Waals surface area contributed by atoms with Crippen molar-refractivity contribution in [1.29, 1.82) is 0 Å². The van der Waals surface area contributed by atoms with Gasteiger partial charge in [-0.15, -0.1) is 5.10 Å². The Morgan fingerprint density at radius 3 is 3.12 bits per heavy atom. The van der Waals surface area contributed by atoms with Crippen LogP contribution in [-0.4, -0.2) is 50.7 Å². The number of piperidine rings is 1. The second-order valence-corrected chi connectivity index (χ2v) is 7.38. The molecule has 0 bridgehead atoms. The standard InChI is InChI=1S/C18H27N7O/c26-18(17-12-25(24-23-17)11-13-4-3-8-19-10-13)20-9-7-16-14-5-1-2-6-15(14)21-22-16/h12-13,19H,1-11H2,(H,20,26)(H,21,22)/t13-/m0/s1. The second-order valence-electron chi connectivity index (χ2n) is 7.38. The lowest BCUT2D eigenvalue weighted by Gasteiger charge is -2.22. The van der Waals surface area contributed by atoms with E-state index in [0.717, 1.165) is 44.6 Å². The summed E-state index contributed by atoms with van der Waals surface area (Å²) in [6.07, 6.45) is 9.54. The zero-order valence-electron chi connectivity index (χ0n) is 15.1. The predicted octanol–water partition coefficient (Wildman–Crippen LogP) is 0.852. The molecule has 1 amide bonds. The van der Waals surface area contributed by atoms with Crippen LogP contribution < -0.4 is 10.6 Å². The maximum Gasteiger partial charge on any atom is 0.273 e. The number of aromatic amines is 1. The maximum atomic E-state index is 12.3. The molecule has 1 saturated heterocycles. The summed E-state index contributed by atoms with van der Waals surface area (Å²) in [5.41, 5.74) is 4.11. The van der Waals surface area contributed by atoms with E-state index in [9.17, 15) is 4.79 Å². The molecule has 1 aliphatic heterocycles. The lowest BCUT2D eigenvalue weighted by atomic mass is 9.95. The van der Waals surface area contributed by atoms with Crippen LogP contribution in [0.4, 0.5) is 0 Å². The summed E-state index contributed by atoms with van der Waals surface area (Å²) in [5, 5.41) is 22.0. The lowest BCUT2D eigenvalue weighted by Crippen LogP contribution is -2.32. The zero-order valence-corrected chi connectivity index (χ0v) is 15.1. The number of hydrogen-bond acceptors (Lipinski definition) is 5. The van der Waals surface area contributed by atoms with Crippen molar-refractivity contribution in [3.05, 3.63) is 28.8 Å². The molecule has 8 heteroatoms. The van der Waals surface area contributed by atoms with E-state index >= 15 is 0 Å². The number of amides is 1. The molecule has 8 nitrogen and oxygen atoms in total. The first-order chi connectivity index (χ1) is 12.8. The Balaban J connectivity index is 1.26. The van der Waals surface area contributed by atoms with Crippen molar-refractivity contribution in [2.45, 2.75) is 51.5 Å². The van der Waals surface area contributed by atoms with Crippen molar-refractivity contribution in [3.63, 3.8) is 0 Å². The molecule has 1 atom stereocenters. The molecule has 2 aliphatic rings. The number of carbonyl (C=O) groups is 1. The molecule has 3 heterocycles. The smallest absolute Gasteiger partial charge is 0.273 e. The normalized spacial score (nSPS) is 19.9. The quantitative estimate of drug-likeness (QED) is 0.712. The van der Waals surface area contributed by atoms with E-state index < -0.39 is 0 Å². The van der Waals surface area contributed by atoms with E-state index in [1.807, 2.05) is 0 Å². The van der Waals surface area contributed by atoms with Gasteiger partial charge in [0.25, 0.3) is 5.91 Å². The van der Waals surface area contributed by atoms with Crippen LogP contribution in [0.5, 0.6) is 0 Å². The van der Waals surface area contributed by atoms with E-state index in [2.05, 4.69) is 31.1 Å². The fraction of sp³-hybridized carbons (Fsp3) is 0.667. The van der Waals surface area contributed by atoms with Gasteiger partial charge in [0.05, 0.1) is 11.9 Å². The van der Waals surface area contributed by atoms with Crippen molar-refractivity contribution < 1.29 is 4.79 Å². The van der Waals surface area contributed by atoms with E-state index in [1.165, 1.54) is 36.9 Å². The zero-order chi connectivity index (χ0) is 17.8. The minimum atomic E-state index is -0.164. The van der Waals surface area contributed by atoms with Gasteiger partial charge in [0.1, 0.15) is 0 Å². The third-order valence-corrected chi connectivity index (χ3v) is 5.40. The van der Waals surface area contributed by atoms with Gasteiger partial charge in [-0.05, 0) is 63.1 Å². The topological polar surface area (TPSA) is 101 Å². The number of H-pyrrole nitrogens is 1. The number of nitrogens with one attached hydrogen (secondary N) is 3. The molecular weight excluding hydrogens is 330 g/mol. The molecule has 1 aliphatic carbocycles. The Morgan fingerprint density at radius 2 is 2.23 bits per heavy atom. The number of hydrogen-bond donors (Lipinski definition) is 3. The fourth-order valence-electron chi connectivity index (χ4n) is 3.98. The number of carbonyl (C=O) groups excluding carboxylic acids is 1. The highest BCUT2D eigenvalue weighted by Gasteiger charge is 2.18. The summed E-state index contributed by atoms with van der Waals surface area (Å²) in [6, 6.07) is 0. The molecule has 0 spiro atoms. The minimum Gasteiger partial charge on any atom is -0.350 e. The van der Waals surface area contributed by atoms with Crippen LogP contribution in [0.15, 0.2) is 6.20 Å². The van der Waals surface area contributed by atoms with Gasteiger partial charge in [-0.25, -0.2) is 0 Å². The highest BCUT2D eigenvalue weighted by molar-refractivity contribution is 5.91. The van der Waals surface area contributed by atoms with Gasteiger partial charge in [0.15, 0.2) is 5.69 Å². The summed E-state index contributed by atoms with van der Waals surface area (Å²) in [6.45, 7) is 3.48. The Kier molecular flexibility index (Phi) is 5.29. The molecule has 2 aromatic rings. The molecule has 140 valence electrons. The lowest BCUT2D eigenvalue weighted by molar-refractivity contribution is 0.0949. The minimum absolute atomic E-state index is 0.164. The fourth-order valence-corrected chi connectivity index (χ4v) is 3.98. The Morgan fingerprint density at radius 1 is 1.31 bits per heavy atom. The first-order valence-corrected chi connectivity index (χ1v) is 9.73. The third kappa shape index (κ3) is 3.95. The molecule has 1 fully saturated rings. The highest BCUT2D eigenvalue weighted by atomic mass is 16.2. The van der Waals surface area contributed by atoms with Crippen LogP contribution >= 0.6 is 0 Å². The molecule has 3 N–H and O–H groups in total. The van der Waals surface area contributed by atoms with Crippen LogP contribution in [0.25, 0.3) is 0 Å². The van der Waals surface area contributed by atoms with Crippen LogP contribution in [0.3, 0.4) is 0 Å². The number of fused-ring (bicyclic) bond motifs is 1. The first-order valence-electron chi connectivity index (χ1n) is 9.73. The van der Waals surface area contributed by atoms with Crippen molar-refractivity contribution >= 4 is 5.91 Å². The van der Waals surface area contributed by atoms with Gasteiger partial charge in [-0.3, -0.25) is 14.6 Å². The van der Waals surface area contributed by atoms with Gasteiger partial charge in [0.2, 0.25) is 0 Å². The number of rotatable bonds is 6. The largest absolute Gasteiger partial charge is 0.350 e. The Labute approximate surface area is 153 Å². The molecule has 0 unspecified atom stereocenters. The summed E-state index contributed by atoms with van der Waals surface area (Å²) in [5.74, 6) is 0.398. The van der Waals surface area contributed by atoms with E-state index in [0.29, 0.717) is 18.2 Å². The number of nitrogens with zero attached hydrogens (tertiary/aromatic N) is 4. The molecule has 0 aromatic carbocycles. The maximum absolute atomic E-state index is 12.3. The molecule has 0 saturated carbocycles. The summed E-state index contributed by atoms with van der Waals surface area (Å²) in [4.78, 5) is 12.3. The number of aromatic nitrogens is 5. The Bertz CT molecular complexity index is 745. The summed E-state index contributed by atoms with van der Waals surface area (Å²) < 4.78 is 1.79. The van der Waals surface area contributed by atoms with E-state index in [1.54, 1.807) is 10.9 Å². The van der Waals surface area contributed by atoms with Gasteiger partial charge in [-0.2, -0.15) is 5.10 Å². The first kappa shape index (κ1) is 17.2. The number of aryl methyl sites for hydroxylation is 1. The summed E-state index contributed by atoms with van der Waals surface area (Å²) >= 11 is 0. The Hall–Kier alpha value is -2.22. The van der Waals surface area contributed by atoms with E-state index in [4.69, 9.17) is 0 Å². The van der Waals surface area contributed by atoms with Crippen LogP contribution in [0.2, 0.25) is 0 Å². The van der Waals surface area contributed by atoms with Crippen LogP contribution in [0.1, 0.15) is 53.1 Å². The molecule has 2 aromatic heterocycles. The van der Waals surface area contributed by atoms with Crippen molar-refractivity contribution in [3.8, 4) is 0 Å². The van der Waals surface area contributed by atoms with Gasteiger partial charge in [0, 0.05) is 25.2 Å². The summed E-state index contributed by atoms with van der Waals surface area (Å²) in [7, 11) is 0. The SMILES string of the molecule is O=C(NCCc1n[nH]c2c1CCCC2)c1cn(C[C@H]2CCCNC2)nn1. The van der Waals surface area contributed by atoms with E-state index in [-0.39, 0.29) is 5.91 Å². The molecule has 4 rings (SSSR count). The van der Waals surface area contributed by atoms with Gasteiger partial charge >= 0.3 is 0 Å². The van der Waals surface area contributed by atoms with Crippen molar-refractivity contribution in [2.75, 3.05) is 19.6 Å². The molecule has 26 heavy (non-hydrogen) atoms. The molecular formula is C18H27N7O. The van der Waals surface area contributed by atoms with Crippen LogP contribution in [0, 0.1) is 5.92 Å². The van der Waals surface area contributed by atoms with Gasteiger partial charge < -0.3 is 10.6 Å². The van der Waals surface area contributed by atoms with Gasteiger partial charge in [-0.1, -0.05) is 5.21 Å². The predicted molar refractivity (Wildman–Crippen MR) is 96.9 cm³/mol. The second kappa shape index (κ2) is 7.99. The van der Waals surface area contributed by atoms with Crippen molar-refractivity contribution in [1.82, 2.24) is 35.8 Å². The van der Waals surface area contributed by atoms with Crippen LogP contribution in [-0.2, 0) is 25.8 Å². The average Bonchev–Trinajstić information content (AvgIpc) is 3.30. The highest BCUT2D eigenvalue weighted by Crippen LogP contribution is 2.22. The average molecular weight is 357 g/mol. The third-order valence-electron chi connectivity index (χ3n) is 5.40. The van der Waals surface area contributed by atoms with Crippen molar-refractivity contribution in [2.24, 2.45) is 5.92 Å².